The molecule has 6 heteroatoms. The molecule has 0 saturated heterocycles. The molecule has 0 saturated carbocycles. The lowest BCUT2D eigenvalue weighted by atomic mass is 10.0. The monoisotopic (exact) mass is 285 g/mol. The maximum absolute atomic E-state index is 12.1. The number of nitrogens with zero attached hydrogens (tertiary/aromatic N) is 3. The summed E-state index contributed by atoms with van der Waals surface area (Å²) in [6, 6.07) is 6.78. The number of amides is 1. The lowest BCUT2D eigenvalue weighted by molar-refractivity contribution is 0.0695. The molecule has 108 valence electrons. The molecule has 0 aliphatic carbocycles. The van der Waals surface area contributed by atoms with Crippen LogP contribution in [-0.4, -0.2) is 45.4 Å². The number of likely N-dealkylation sites (N-methyl/N-ethyl adjacent to an activating group) is 1. The van der Waals surface area contributed by atoms with Crippen LogP contribution in [0.1, 0.15) is 26.4 Å². The van der Waals surface area contributed by atoms with Crippen molar-refractivity contribution in [2.24, 2.45) is 0 Å². The molecule has 1 amide bonds. The molecule has 1 aromatic carbocycles. The van der Waals surface area contributed by atoms with E-state index in [9.17, 15) is 9.59 Å². The molecule has 1 aromatic heterocycles. The number of aromatic nitrogens is 2. The molecule has 2 rings (SSSR count). The minimum atomic E-state index is -0.964. The molecule has 1 N–H and O–H groups in total. The molecular formula is C15H15N3O3. The van der Waals surface area contributed by atoms with Crippen LogP contribution in [0.4, 0.5) is 0 Å². The Hall–Kier alpha value is -2.76. The Morgan fingerprint density at radius 1 is 1.24 bits per heavy atom. The molecule has 21 heavy (non-hydrogen) atoms. The highest BCUT2D eigenvalue weighted by atomic mass is 16.4. The van der Waals surface area contributed by atoms with E-state index in [0.29, 0.717) is 18.5 Å². The molecule has 0 spiro atoms. The summed E-state index contributed by atoms with van der Waals surface area (Å²) in [5.74, 6) is -1.20. The fourth-order valence-electron chi connectivity index (χ4n) is 1.94. The summed E-state index contributed by atoms with van der Waals surface area (Å²) in [6.45, 7) is 0.402. The van der Waals surface area contributed by atoms with Crippen LogP contribution in [0.3, 0.4) is 0 Å². The van der Waals surface area contributed by atoms with E-state index in [1.54, 1.807) is 31.3 Å². The quantitative estimate of drug-likeness (QED) is 0.899. The second-order valence-electron chi connectivity index (χ2n) is 4.53. The molecule has 0 atom stereocenters. The van der Waals surface area contributed by atoms with E-state index in [4.69, 9.17) is 5.11 Å². The Morgan fingerprint density at radius 2 is 2.00 bits per heavy atom. The Balaban J connectivity index is 2.03. The first kappa shape index (κ1) is 14.6. The topological polar surface area (TPSA) is 83.4 Å². The molecule has 0 radical (unpaired) electrons. The van der Waals surface area contributed by atoms with Gasteiger partial charge in [0.1, 0.15) is 5.69 Å². The molecular weight excluding hydrogens is 270 g/mol. The van der Waals surface area contributed by atoms with Crippen molar-refractivity contribution >= 4 is 11.9 Å². The van der Waals surface area contributed by atoms with Crippen molar-refractivity contribution in [3.63, 3.8) is 0 Å². The average molecular weight is 285 g/mol. The fourth-order valence-corrected chi connectivity index (χ4v) is 1.94. The van der Waals surface area contributed by atoms with Crippen LogP contribution in [0.25, 0.3) is 0 Å². The Labute approximate surface area is 122 Å². The molecule has 1 heterocycles. The second kappa shape index (κ2) is 6.60. The summed E-state index contributed by atoms with van der Waals surface area (Å²) in [7, 11) is 1.65. The predicted molar refractivity (Wildman–Crippen MR) is 76.1 cm³/mol. The standard InChI is InChI=1S/C15H15N3O3/c1-18(14(19)13-10-16-7-8-17-13)9-6-11-4-2-3-5-12(11)15(20)21/h2-5,7-8,10H,6,9H2,1H3,(H,20,21). The third kappa shape index (κ3) is 3.62. The highest BCUT2D eigenvalue weighted by Crippen LogP contribution is 2.10. The van der Waals surface area contributed by atoms with Crippen molar-refractivity contribution in [1.82, 2.24) is 14.9 Å². The van der Waals surface area contributed by atoms with Gasteiger partial charge in [-0.3, -0.25) is 9.78 Å². The molecule has 0 unspecified atom stereocenters. The van der Waals surface area contributed by atoms with E-state index in [-0.39, 0.29) is 17.2 Å². The van der Waals surface area contributed by atoms with Crippen molar-refractivity contribution in [3.8, 4) is 0 Å². The van der Waals surface area contributed by atoms with Gasteiger partial charge in [0.05, 0.1) is 11.8 Å². The van der Waals surface area contributed by atoms with Gasteiger partial charge in [0.25, 0.3) is 5.91 Å². The maximum atomic E-state index is 12.1. The lowest BCUT2D eigenvalue weighted by Crippen LogP contribution is -2.29. The zero-order chi connectivity index (χ0) is 15.2. The summed E-state index contributed by atoms with van der Waals surface area (Å²) in [6.07, 6.45) is 4.83. The first-order chi connectivity index (χ1) is 10.1. The molecule has 2 aromatic rings. The number of carboxylic acid groups (broad SMARTS) is 1. The predicted octanol–water partition coefficient (Wildman–Crippen LogP) is 1.49. The van der Waals surface area contributed by atoms with Gasteiger partial charge >= 0.3 is 5.97 Å². The van der Waals surface area contributed by atoms with E-state index in [0.717, 1.165) is 0 Å². The first-order valence-electron chi connectivity index (χ1n) is 6.42. The number of carbonyl (C=O) groups excluding carboxylic acids is 1. The van der Waals surface area contributed by atoms with E-state index in [1.807, 2.05) is 0 Å². The van der Waals surface area contributed by atoms with Gasteiger partial charge in [-0.25, -0.2) is 9.78 Å². The fraction of sp³-hybridized carbons (Fsp3) is 0.200. The van der Waals surface area contributed by atoms with Crippen molar-refractivity contribution in [3.05, 3.63) is 59.7 Å². The summed E-state index contributed by atoms with van der Waals surface area (Å²) in [5.41, 5.74) is 1.23. The maximum Gasteiger partial charge on any atom is 0.335 e. The summed E-state index contributed by atoms with van der Waals surface area (Å²) >= 11 is 0. The highest BCUT2D eigenvalue weighted by molar-refractivity contribution is 5.92. The smallest absolute Gasteiger partial charge is 0.335 e. The number of benzene rings is 1. The van der Waals surface area contributed by atoms with Gasteiger partial charge in [-0.1, -0.05) is 18.2 Å². The number of hydrogen-bond acceptors (Lipinski definition) is 4. The third-order valence-corrected chi connectivity index (χ3v) is 3.09. The number of carboxylic acids is 1. The van der Waals surface area contributed by atoms with Crippen molar-refractivity contribution < 1.29 is 14.7 Å². The molecule has 0 fully saturated rings. The molecule has 0 aliphatic heterocycles. The number of aromatic carboxylic acids is 1. The number of hydrogen-bond donors (Lipinski definition) is 1. The van der Waals surface area contributed by atoms with Gasteiger partial charge in [-0.2, -0.15) is 0 Å². The van der Waals surface area contributed by atoms with Gasteiger partial charge in [0.15, 0.2) is 0 Å². The summed E-state index contributed by atoms with van der Waals surface area (Å²) in [4.78, 5) is 32.5. The van der Waals surface area contributed by atoms with Crippen LogP contribution < -0.4 is 0 Å². The van der Waals surface area contributed by atoms with Gasteiger partial charge in [0.2, 0.25) is 0 Å². The van der Waals surface area contributed by atoms with Crippen molar-refractivity contribution in [2.45, 2.75) is 6.42 Å². The lowest BCUT2D eigenvalue weighted by Gasteiger charge is -2.17. The average Bonchev–Trinajstić information content (AvgIpc) is 2.52. The molecule has 0 aliphatic rings. The van der Waals surface area contributed by atoms with Crippen LogP contribution in [0.15, 0.2) is 42.9 Å². The van der Waals surface area contributed by atoms with Gasteiger partial charge in [0, 0.05) is 26.0 Å². The zero-order valence-electron chi connectivity index (χ0n) is 11.6. The van der Waals surface area contributed by atoms with Crippen LogP contribution in [0.5, 0.6) is 0 Å². The van der Waals surface area contributed by atoms with E-state index in [1.165, 1.54) is 23.5 Å². The zero-order valence-corrected chi connectivity index (χ0v) is 11.6. The summed E-state index contributed by atoms with van der Waals surface area (Å²) < 4.78 is 0. The van der Waals surface area contributed by atoms with Crippen molar-refractivity contribution in [1.29, 1.82) is 0 Å². The normalized spacial score (nSPS) is 10.1. The Bertz CT molecular complexity index is 644. The first-order valence-corrected chi connectivity index (χ1v) is 6.42. The van der Waals surface area contributed by atoms with Crippen LogP contribution in [-0.2, 0) is 6.42 Å². The van der Waals surface area contributed by atoms with Gasteiger partial charge in [-0.15, -0.1) is 0 Å². The number of carbonyl (C=O) groups is 2. The second-order valence-corrected chi connectivity index (χ2v) is 4.53. The third-order valence-electron chi connectivity index (χ3n) is 3.09. The van der Waals surface area contributed by atoms with E-state index >= 15 is 0 Å². The van der Waals surface area contributed by atoms with Crippen LogP contribution in [0, 0.1) is 0 Å². The van der Waals surface area contributed by atoms with Gasteiger partial charge < -0.3 is 10.0 Å². The summed E-state index contributed by atoms with van der Waals surface area (Å²) in [5, 5.41) is 9.12. The minimum Gasteiger partial charge on any atom is -0.478 e. The van der Waals surface area contributed by atoms with Gasteiger partial charge in [-0.05, 0) is 18.1 Å². The number of rotatable bonds is 5. The SMILES string of the molecule is CN(CCc1ccccc1C(=O)O)C(=O)c1cnccn1. The van der Waals surface area contributed by atoms with E-state index < -0.39 is 5.97 Å². The van der Waals surface area contributed by atoms with Crippen LogP contribution >= 0.6 is 0 Å². The highest BCUT2D eigenvalue weighted by Gasteiger charge is 2.14. The Kier molecular flexibility index (Phi) is 4.61. The molecule has 0 bridgehead atoms. The molecule has 6 nitrogen and oxygen atoms in total. The largest absolute Gasteiger partial charge is 0.478 e. The minimum absolute atomic E-state index is 0.240. The van der Waals surface area contributed by atoms with Crippen molar-refractivity contribution in [2.75, 3.05) is 13.6 Å². The Morgan fingerprint density at radius 3 is 2.67 bits per heavy atom. The van der Waals surface area contributed by atoms with Crippen LogP contribution in [0.2, 0.25) is 0 Å². The van der Waals surface area contributed by atoms with E-state index in [2.05, 4.69) is 9.97 Å².